The molecule has 0 radical (unpaired) electrons. The molecular weight excluding hydrogens is 312 g/mol. The minimum Gasteiger partial charge on any atom is -0.352 e. The zero-order valence-corrected chi connectivity index (χ0v) is 15.3. The average Bonchev–Trinajstić information content (AvgIpc) is 2.53. The fourth-order valence-electron chi connectivity index (χ4n) is 2.39. The van der Waals surface area contributed by atoms with E-state index in [0.717, 1.165) is 36.2 Å². The van der Waals surface area contributed by atoms with Crippen LogP contribution in [0.4, 0.5) is 5.69 Å². The number of hydrogen-bond donors (Lipinski definition) is 1. The van der Waals surface area contributed by atoms with Crippen molar-refractivity contribution in [3.05, 3.63) is 29.8 Å². The number of amides is 1. The van der Waals surface area contributed by atoms with E-state index in [4.69, 9.17) is 0 Å². The Morgan fingerprint density at radius 3 is 2.48 bits per heavy atom. The molecule has 0 saturated heterocycles. The summed E-state index contributed by atoms with van der Waals surface area (Å²) in [4.78, 5) is 12.5. The normalized spacial score (nSPS) is 12.7. The van der Waals surface area contributed by atoms with Crippen LogP contribution in [-0.4, -0.2) is 34.2 Å². The number of nitrogens with zero attached hydrogens (tertiary/aromatic N) is 1. The van der Waals surface area contributed by atoms with Crippen molar-refractivity contribution in [2.24, 2.45) is 5.92 Å². The second-order valence-electron chi connectivity index (χ2n) is 5.87. The highest BCUT2D eigenvalue weighted by Crippen LogP contribution is 2.21. The molecule has 0 fully saturated rings. The van der Waals surface area contributed by atoms with Gasteiger partial charge in [-0.3, -0.25) is 9.10 Å². The topological polar surface area (TPSA) is 66.5 Å². The number of nitrogens with one attached hydrogen (secondary N) is 1. The number of sulfonamides is 1. The molecule has 0 aliphatic rings. The first-order valence-electron chi connectivity index (χ1n) is 8.12. The summed E-state index contributed by atoms with van der Waals surface area (Å²) in [5.74, 6) is 0.227. The molecular formula is C17H28N2O3S. The van der Waals surface area contributed by atoms with E-state index >= 15 is 0 Å². The van der Waals surface area contributed by atoms with Crippen LogP contribution < -0.4 is 9.62 Å². The number of unbranched alkanes of at least 4 members (excludes halogenated alkanes) is 1. The maximum atomic E-state index is 12.5. The van der Waals surface area contributed by atoms with Gasteiger partial charge < -0.3 is 5.32 Å². The van der Waals surface area contributed by atoms with Gasteiger partial charge in [-0.15, -0.1) is 0 Å². The van der Waals surface area contributed by atoms with Gasteiger partial charge in [-0.1, -0.05) is 45.2 Å². The van der Waals surface area contributed by atoms with E-state index in [9.17, 15) is 13.2 Å². The lowest BCUT2D eigenvalue weighted by molar-refractivity contribution is 0.0946. The number of carbonyl (C=O) groups is 1. The van der Waals surface area contributed by atoms with Crippen molar-refractivity contribution in [3.63, 3.8) is 0 Å². The Labute approximate surface area is 140 Å². The number of rotatable bonds is 9. The molecule has 6 heteroatoms. The molecule has 1 rings (SSSR count). The Balaban J connectivity index is 2.84. The largest absolute Gasteiger partial charge is 0.352 e. The highest BCUT2D eigenvalue weighted by atomic mass is 32.2. The van der Waals surface area contributed by atoms with Gasteiger partial charge in [-0.2, -0.15) is 0 Å². The van der Waals surface area contributed by atoms with Crippen molar-refractivity contribution >= 4 is 21.6 Å². The third-order valence-electron chi connectivity index (χ3n) is 4.08. The quantitative estimate of drug-likeness (QED) is 0.751. The smallest absolute Gasteiger partial charge is 0.253 e. The van der Waals surface area contributed by atoms with Crippen molar-refractivity contribution in [3.8, 4) is 0 Å². The third kappa shape index (κ3) is 5.86. The molecule has 23 heavy (non-hydrogen) atoms. The second kappa shape index (κ2) is 8.91. The van der Waals surface area contributed by atoms with Crippen LogP contribution in [-0.2, 0) is 10.0 Å². The fraction of sp³-hybridized carbons (Fsp3) is 0.588. The van der Waals surface area contributed by atoms with Crippen LogP contribution in [0.25, 0.3) is 0 Å². The fourth-order valence-corrected chi connectivity index (χ4v) is 2.91. The number of para-hydroxylation sites is 1. The summed E-state index contributed by atoms with van der Waals surface area (Å²) in [6.45, 7) is 4.90. The maximum Gasteiger partial charge on any atom is 0.253 e. The summed E-state index contributed by atoms with van der Waals surface area (Å²) in [5.41, 5.74) is 0.778. The molecule has 0 aromatic heterocycles. The first kappa shape index (κ1) is 19.5. The van der Waals surface area contributed by atoms with E-state index in [0.29, 0.717) is 23.7 Å². The van der Waals surface area contributed by atoms with E-state index in [2.05, 4.69) is 19.2 Å². The van der Waals surface area contributed by atoms with Gasteiger partial charge in [0, 0.05) is 13.6 Å². The molecule has 130 valence electrons. The molecule has 1 N–H and O–H groups in total. The Bertz CT molecular complexity index is 614. The Hall–Kier alpha value is -1.56. The lowest BCUT2D eigenvalue weighted by Gasteiger charge is -2.21. The zero-order chi connectivity index (χ0) is 17.5. The molecule has 0 aliphatic heterocycles. The van der Waals surface area contributed by atoms with Gasteiger partial charge in [0.1, 0.15) is 0 Å². The molecule has 1 aromatic carbocycles. The summed E-state index contributed by atoms with van der Waals surface area (Å²) < 4.78 is 24.6. The summed E-state index contributed by atoms with van der Waals surface area (Å²) >= 11 is 0. The molecule has 0 bridgehead atoms. The van der Waals surface area contributed by atoms with Crippen molar-refractivity contribution in [1.29, 1.82) is 0 Å². The molecule has 1 aromatic rings. The van der Waals surface area contributed by atoms with E-state index in [-0.39, 0.29) is 5.91 Å². The van der Waals surface area contributed by atoms with Gasteiger partial charge in [0.05, 0.1) is 17.5 Å². The van der Waals surface area contributed by atoms with Gasteiger partial charge in [0.15, 0.2) is 0 Å². The number of benzene rings is 1. The van der Waals surface area contributed by atoms with Crippen LogP contribution in [0.3, 0.4) is 0 Å². The molecule has 1 amide bonds. The molecule has 0 saturated carbocycles. The maximum absolute atomic E-state index is 12.5. The minimum absolute atomic E-state index is 0.231. The minimum atomic E-state index is -3.41. The number of anilines is 1. The Morgan fingerprint density at radius 1 is 1.26 bits per heavy atom. The first-order valence-corrected chi connectivity index (χ1v) is 9.97. The zero-order valence-electron chi connectivity index (χ0n) is 14.5. The van der Waals surface area contributed by atoms with E-state index < -0.39 is 10.0 Å². The monoisotopic (exact) mass is 340 g/mol. The van der Waals surface area contributed by atoms with Crippen molar-refractivity contribution < 1.29 is 13.2 Å². The van der Waals surface area contributed by atoms with Gasteiger partial charge in [-0.05, 0) is 24.5 Å². The lowest BCUT2D eigenvalue weighted by atomic mass is 9.99. The van der Waals surface area contributed by atoms with Gasteiger partial charge >= 0.3 is 0 Å². The average molecular weight is 340 g/mol. The summed E-state index contributed by atoms with van der Waals surface area (Å²) in [6.07, 6.45) is 5.54. The predicted molar refractivity (Wildman–Crippen MR) is 95.3 cm³/mol. The van der Waals surface area contributed by atoms with E-state index in [1.165, 1.54) is 7.05 Å². The van der Waals surface area contributed by atoms with E-state index in [1.807, 2.05) is 0 Å². The van der Waals surface area contributed by atoms with Gasteiger partial charge in [0.2, 0.25) is 10.0 Å². The molecule has 0 spiro atoms. The van der Waals surface area contributed by atoms with Crippen LogP contribution in [0.2, 0.25) is 0 Å². The highest BCUT2D eigenvalue weighted by molar-refractivity contribution is 7.92. The lowest BCUT2D eigenvalue weighted by Crippen LogP contribution is -2.32. The van der Waals surface area contributed by atoms with E-state index in [1.54, 1.807) is 24.3 Å². The SMILES string of the molecule is CCCCC(CC)CNC(=O)c1ccccc1N(C)S(C)(=O)=O. The molecule has 5 nitrogen and oxygen atoms in total. The molecule has 1 atom stereocenters. The summed E-state index contributed by atoms with van der Waals surface area (Å²) in [5, 5.41) is 2.95. The highest BCUT2D eigenvalue weighted by Gasteiger charge is 2.19. The van der Waals surface area contributed by atoms with Crippen LogP contribution in [0.15, 0.2) is 24.3 Å². The van der Waals surface area contributed by atoms with Crippen LogP contribution in [0, 0.1) is 5.92 Å². The van der Waals surface area contributed by atoms with Gasteiger partial charge in [-0.25, -0.2) is 8.42 Å². The van der Waals surface area contributed by atoms with Crippen LogP contribution in [0.1, 0.15) is 49.9 Å². The molecule has 0 aliphatic carbocycles. The number of carbonyl (C=O) groups excluding carboxylic acids is 1. The standard InChI is InChI=1S/C17H28N2O3S/c1-5-7-10-14(6-2)13-18-17(20)15-11-8-9-12-16(15)19(3)23(4,21)22/h8-9,11-12,14H,5-7,10,13H2,1-4H3,(H,18,20). The summed E-state index contributed by atoms with van der Waals surface area (Å²) in [7, 11) is -1.95. The summed E-state index contributed by atoms with van der Waals surface area (Å²) in [6, 6.07) is 6.76. The first-order chi connectivity index (χ1) is 10.8. The number of hydrogen-bond acceptors (Lipinski definition) is 3. The third-order valence-corrected chi connectivity index (χ3v) is 5.27. The van der Waals surface area contributed by atoms with Crippen LogP contribution in [0.5, 0.6) is 0 Å². The molecule has 0 heterocycles. The van der Waals surface area contributed by atoms with Crippen molar-refractivity contribution in [2.45, 2.75) is 39.5 Å². The Morgan fingerprint density at radius 2 is 1.91 bits per heavy atom. The van der Waals surface area contributed by atoms with Crippen LogP contribution >= 0.6 is 0 Å². The predicted octanol–water partition coefficient (Wildman–Crippen LogP) is 3.03. The van der Waals surface area contributed by atoms with Crippen molar-refractivity contribution in [2.75, 3.05) is 24.2 Å². The Kier molecular flexibility index (Phi) is 7.55. The van der Waals surface area contributed by atoms with Crippen molar-refractivity contribution in [1.82, 2.24) is 5.32 Å². The molecule has 1 unspecified atom stereocenters. The second-order valence-corrected chi connectivity index (χ2v) is 7.89. The van der Waals surface area contributed by atoms with Gasteiger partial charge in [0.25, 0.3) is 5.91 Å².